The number of hydrogen-bond donors (Lipinski definition) is 2. The van der Waals surface area contributed by atoms with Crippen LogP contribution in [-0.2, 0) is 16.1 Å². The Bertz CT molecular complexity index is 491. The molecule has 1 aliphatic rings. The smallest absolute Gasteiger partial charge is 0.231 e. The van der Waals surface area contributed by atoms with Crippen molar-refractivity contribution in [3.63, 3.8) is 0 Å². The Labute approximate surface area is 128 Å². The quantitative estimate of drug-likeness (QED) is 0.749. The van der Waals surface area contributed by atoms with Crippen molar-refractivity contribution >= 4 is 23.3 Å². The average Bonchev–Trinajstić information content (AvgIpc) is 2.40. The lowest BCUT2D eigenvalue weighted by atomic mass is 10.1. The number of carbonyl (C=O) groups is 1. The van der Waals surface area contributed by atoms with Crippen molar-refractivity contribution in [3.05, 3.63) is 17.0 Å². The third-order valence-electron chi connectivity index (χ3n) is 3.33. The molecule has 1 fully saturated rings. The van der Waals surface area contributed by atoms with Gasteiger partial charge in [0.15, 0.2) is 5.82 Å². The van der Waals surface area contributed by atoms with Crippen LogP contribution in [0.5, 0.6) is 0 Å². The van der Waals surface area contributed by atoms with E-state index in [1.165, 1.54) is 0 Å². The molecular weight excluding hydrogens is 294 g/mol. The number of methoxy groups -OCH3 is 1. The molecule has 1 saturated heterocycles. The molecule has 1 aliphatic heterocycles. The van der Waals surface area contributed by atoms with Gasteiger partial charge in [-0.1, -0.05) is 11.6 Å². The number of carbonyl (C=O) groups excluding carboxylic acids is 1. The molecule has 0 spiro atoms. The lowest BCUT2D eigenvalue weighted by molar-refractivity contribution is -0.119. The molecule has 2 rings (SSSR count). The SMILES string of the molecule is COCc1nc(Cl)cc(NC2CCN(CC(N)=O)CC2)n1. The van der Waals surface area contributed by atoms with Gasteiger partial charge in [-0.05, 0) is 12.8 Å². The molecule has 0 bridgehead atoms. The molecule has 7 nitrogen and oxygen atoms in total. The number of nitrogens with zero attached hydrogens (tertiary/aromatic N) is 3. The molecule has 1 aromatic heterocycles. The van der Waals surface area contributed by atoms with E-state index in [1.54, 1.807) is 13.2 Å². The summed E-state index contributed by atoms with van der Waals surface area (Å²) in [6.07, 6.45) is 1.85. The van der Waals surface area contributed by atoms with Crippen molar-refractivity contribution in [1.29, 1.82) is 0 Å². The van der Waals surface area contributed by atoms with Gasteiger partial charge in [-0.2, -0.15) is 0 Å². The summed E-state index contributed by atoms with van der Waals surface area (Å²) in [5.74, 6) is 0.974. The number of halogens is 1. The Morgan fingerprint density at radius 3 is 2.86 bits per heavy atom. The standard InChI is InChI=1S/C13H20ClN5O2/c1-21-8-13-17-10(14)6-12(18-13)16-9-2-4-19(5-3-9)7-11(15)20/h6,9H,2-5,7-8H2,1H3,(H2,15,20)(H,16,17,18). The largest absolute Gasteiger partial charge is 0.377 e. The summed E-state index contributed by atoms with van der Waals surface area (Å²) in [5, 5.41) is 3.75. The minimum atomic E-state index is -0.284. The minimum Gasteiger partial charge on any atom is -0.377 e. The van der Waals surface area contributed by atoms with E-state index in [9.17, 15) is 4.79 Å². The highest BCUT2D eigenvalue weighted by Crippen LogP contribution is 2.17. The van der Waals surface area contributed by atoms with Gasteiger partial charge in [0.05, 0.1) is 6.54 Å². The number of anilines is 1. The first-order valence-electron chi connectivity index (χ1n) is 6.86. The van der Waals surface area contributed by atoms with Gasteiger partial charge in [0.2, 0.25) is 5.91 Å². The van der Waals surface area contributed by atoms with Gasteiger partial charge >= 0.3 is 0 Å². The van der Waals surface area contributed by atoms with Crippen LogP contribution in [0.25, 0.3) is 0 Å². The summed E-state index contributed by atoms with van der Waals surface area (Å²) in [6.45, 7) is 2.32. The zero-order valence-electron chi connectivity index (χ0n) is 12.0. The number of amides is 1. The highest BCUT2D eigenvalue weighted by molar-refractivity contribution is 6.29. The van der Waals surface area contributed by atoms with Gasteiger partial charge < -0.3 is 15.8 Å². The first kappa shape index (κ1) is 15.9. The Hall–Kier alpha value is -1.44. The van der Waals surface area contributed by atoms with Crippen LogP contribution in [0.2, 0.25) is 5.15 Å². The molecule has 8 heteroatoms. The lowest BCUT2D eigenvalue weighted by Gasteiger charge is -2.31. The summed E-state index contributed by atoms with van der Waals surface area (Å²) in [4.78, 5) is 21.4. The second-order valence-corrected chi connectivity index (χ2v) is 5.47. The molecule has 0 saturated carbocycles. The predicted octanol–water partition coefficient (Wildman–Crippen LogP) is 0.638. The van der Waals surface area contributed by atoms with Gasteiger partial charge in [-0.25, -0.2) is 9.97 Å². The number of nitrogens with one attached hydrogen (secondary N) is 1. The highest BCUT2D eigenvalue weighted by Gasteiger charge is 2.20. The summed E-state index contributed by atoms with van der Waals surface area (Å²) in [5.41, 5.74) is 5.20. The average molecular weight is 314 g/mol. The van der Waals surface area contributed by atoms with Crippen LogP contribution in [0.1, 0.15) is 18.7 Å². The summed E-state index contributed by atoms with van der Waals surface area (Å²) in [7, 11) is 1.59. The second-order valence-electron chi connectivity index (χ2n) is 5.09. The molecule has 21 heavy (non-hydrogen) atoms. The molecule has 0 aromatic carbocycles. The maximum Gasteiger partial charge on any atom is 0.231 e. The maximum absolute atomic E-state index is 10.9. The fourth-order valence-electron chi connectivity index (χ4n) is 2.40. The maximum atomic E-state index is 10.9. The van der Waals surface area contributed by atoms with E-state index in [-0.39, 0.29) is 5.91 Å². The number of rotatable bonds is 6. The van der Waals surface area contributed by atoms with E-state index in [4.69, 9.17) is 22.1 Å². The molecule has 0 radical (unpaired) electrons. The van der Waals surface area contributed by atoms with Crippen molar-refractivity contribution in [2.45, 2.75) is 25.5 Å². The molecular formula is C13H20ClN5O2. The molecule has 1 amide bonds. The van der Waals surface area contributed by atoms with Crippen molar-refractivity contribution in [1.82, 2.24) is 14.9 Å². The van der Waals surface area contributed by atoms with E-state index in [2.05, 4.69) is 20.2 Å². The van der Waals surface area contributed by atoms with E-state index in [1.807, 2.05) is 0 Å². The van der Waals surface area contributed by atoms with Gasteiger partial charge in [-0.3, -0.25) is 9.69 Å². The van der Waals surface area contributed by atoms with Gasteiger partial charge in [0.25, 0.3) is 0 Å². The molecule has 3 N–H and O–H groups in total. The normalized spacial score (nSPS) is 16.9. The Morgan fingerprint density at radius 2 is 2.24 bits per heavy atom. The first-order valence-corrected chi connectivity index (χ1v) is 7.24. The molecule has 1 aromatic rings. The number of nitrogens with two attached hydrogens (primary N) is 1. The van der Waals surface area contributed by atoms with Crippen molar-refractivity contribution in [2.24, 2.45) is 5.73 Å². The van der Waals surface area contributed by atoms with Gasteiger partial charge in [0, 0.05) is 32.3 Å². The third kappa shape index (κ3) is 5.11. The van der Waals surface area contributed by atoms with Crippen LogP contribution in [0.3, 0.4) is 0 Å². The van der Waals surface area contributed by atoms with Crippen LogP contribution in [0.15, 0.2) is 6.07 Å². The first-order chi connectivity index (χ1) is 10.1. The molecule has 2 heterocycles. The monoisotopic (exact) mass is 313 g/mol. The lowest BCUT2D eigenvalue weighted by Crippen LogP contribution is -2.43. The number of piperidine rings is 1. The van der Waals surface area contributed by atoms with Gasteiger partial charge in [0.1, 0.15) is 17.6 Å². The van der Waals surface area contributed by atoms with Crippen molar-refractivity contribution < 1.29 is 9.53 Å². The van der Waals surface area contributed by atoms with Crippen molar-refractivity contribution in [3.8, 4) is 0 Å². The minimum absolute atomic E-state index is 0.284. The fraction of sp³-hybridized carbons (Fsp3) is 0.615. The van der Waals surface area contributed by atoms with Crippen LogP contribution in [0, 0.1) is 0 Å². The third-order valence-corrected chi connectivity index (χ3v) is 3.53. The Morgan fingerprint density at radius 1 is 1.52 bits per heavy atom. The molecule has 0 atom stereocenters. The number of primary amides is 1. The van der Waals surface area contributed by atoms with E-state index in [0.717, 1.165) is 25.9 Å². The van der Waals surface area contributed by atoms with E-state index < -0.39 is 0 Å². The topological polar surface area (TPSA) is 93.4 Å². The van der Waals surface area contributed by atoms with Crippen LogP contribution in [-0.4, -0.2) is 53.6 Å². The summed E-state index contributed by atoms with van der Waals surface area (Å²) >= 11 is 5.98. The number of hydrogen-bond acceptors (Lipinski definition) is 6. The van der Waals surface area contributed by atoms with Crippen LogP contribution in [0.4, 0.5) is 5.82 Å². The zero-order valence-corrected chi connectivity index (χ0v) is 12.8. The number of likely N-dealkylation sites (tertiary alicyclic amines) is 1. The Balaban J connectivity index is 1.89. The van der Waals surface area contributed by atoms with Gasteiger partial charge in [-0.15, -0.1) is 0 Å². The molecule has 0 unspecified atom stereocenters. The molecule has 116 valence electrons. The number of ether oxygens (including phenoxy) is 1. The summed E-state index contributed by atoms with van der Waals surface area (Å²) in [6, 6.07) is 2.01. The van der Waals surface area contributed by atoms with E-state index in [0.29, 0.717) is 36.0 Å². The zero-order chi connectivity index (χ0) is 15.2. The highest BCUT2D eigenvalue weighted by atomic mass is 35.5. The van der Waals surface area contributed by atoms with E-state index >= 15 is 0 Å². The Kier molecular flexibility index (Phi) is 5.72. The number of aromatic nitrogens is 2. The molecule has 0 aliphatic carbocycles. The second kappa shape index (κ2) is 7.53. The van der Waals surface area contributed by atoms with Crippen LogP contribution < -0.4 is 11.1 Å². The van der Waals surface area contributed by atoms with Crippen molar-refractivity contribution in [2.75, 3.05) is 32.1 Å². The fourth-order valence-corrected chi connectivity index (χ4v) is 2.60. The predicted molar refractivity (Wildman–Crippen MR) is 80.0 cm³/mol. The summed E-state index contributed by atoms with van der Waals surface area (Å²) < 4.78 is 5.02. The van der Waals surface area contributed by atoms with Crippen LogP contribution >= 0.6 is 11.6 Å².